The molecule has 1 saturated heterocycles. The second kappa shape index (κ2) is 5.48. The van der Waals surface area contributed by atoms with Gasteiger partial charge >= 0.3 is 6.09 Å². The zero-order valence-corrected chi connectivity index (χ0v) is 8.77. The van der Waals surface area contributed by atoms with Gasteiger partial charge in [0.2, 0.25) is 0 Å². The van der Waals surface area contributed by atoms with Crippen molar-refractivity contribution < 1.29 is 19.1 Å². The summed E-state index contributed by atoms with van der Waals surface area (Å²) in [5.41, 5.74) is 0. The van der Waals surface area contributed by atoms with E-state index in [4.69, 9.17) is 4.74 Å². The molecule has 0 aliphatic carbocycles. The molecule has 0 aromatic rings. The number of carbonyl (C=O) groups excluding carboxylic acids is 3. The molecule has 0 N–H and O–H groups in total. The van der Waals surface area contributed by atoms with Gasteiger partial charge in [0.25, 0.3) is 0 Å². The van der Waals surface area contributed by atoms with Crippen molar-refractivity contribution in [1.82, 2.24) is 4.90 Å². The summed E-state index contributed by atoms with van der Waals surface area (Å²) in [7, 11) is 0. The Morgan fingerprint density at radius 1 is 1.67 bits per heavy atom. The van der Waals surface area contributed by atoms with Crippen molar-refractivity contribution in [1.29, 1.82) is 0 Å². The normalized spacial score (nSPS) is 21.3. The maximum absolute atomic E-state index is 11.4. The first-order chi connectivity index (χ1) is 7.19. The van der Waals surface area contributed by atoms with Crippen LogP contribution in [-0.2, 0) is 14.3 Å². The van der Waals surface area contributed by atoms with Crippen molar-refractivity contribution in [2.75, 3.05) is 19.7 Å². The molecule has 1 unspecified atom stereocenters. The number of ketones is 1. The molecule has 15 heavy (non-hydrogen) atoms. The van der Waals surface area contributed by atoms with E-state index in [0.29, 0.717) is 26.1 Å². The molecule has 1 aliphatic heterocycles. The quantitative estimate of drug-likeness (QED) is 0.645. The van der Waals surface area contributed by atoms with E-state index in [1.165, 1.54) is 4.90 Å². The summed E-state index contributed by atoms with van der Waals surface area (Å²) in [6.45, 7) is 2.75. The molecule has 0 bridgehead atoms. The van der Waals surface area contributed by atoms with Crippen molar-refractivity contribution >= 4 is 18.2 Å². The number of amides is 1. The Balaban J connectivity index is 2.53. The average molecular weight is 213 g/mol. The molecule has 5 heteroatoms. The standard InChI is InChI=1S/C10H15NO4/c1-2-15-10(14)11-5-3-9(13)8(7-11)4-6-12/h6,8H,2-5,7H2,1H3. The Labute approximate surface area is 88.4 Å². The molecular weight excluding hydrogens is 198 g/mol. The lowest BCUT2D eigenvalue weighted by atomic mass is 9.94. The van der Waals surface area contributed by atoms with Crippen LogP contribution in [0.4, 0.5) is 4.79 Å². The van der Waals surface area contributed by atoms with Gasteiger partial charge in [0.1, 0.15) is 12.1 Å². The number of aldehydes is 1. The lowest BCUT2D eigenvalue weighted by Crippen LogP contribution is -2.44. The van der Waals surface area contributed by atoms with E-state index < -0.39 is 6.09 Å². The Morgan fingerprint density at radius 3 is 3.00 bits per heavy atom. The van der Waals surface area contributed by atoms with Gasteiger partial charge < -0.3 is 14.4 Å². The van der Waals surface area contributed by atoms with E-state index >= 15 is 0 Å². The minimum Gasteiger partial charge on any atom is -0.450 e. The molecule has 1 amide bonds. The van der Waals surface area contributed by atoms with Crippen molar-refractivity contribution in [3.63, 3.8) is 0 Å². The largest absolute Gasteiger partial charge is 0.450 e. The summed E-state index contributed by atoms with van der Waals surface area (Å²) in [5.74, 6) is -0.289. The summed E-state index contributed by atoms with van der Waals surface area (Å²) in [4.78, 5) is 34.6. The molecule has 0 aromatic heterocycles. The van der Waals surface area contributed by atoms with Gasteiger partial charge in [-0.15, -0.1) is 0 Å². The van der Waals surface area contributed by atoms with Crippen LogP contribution < -0.4 is 0 Å². The number of nitrogens with zero attached hydrogens (tertiary/aromatic N) is 1. The predicted octanol–water partition coefficient (Wildman–Crippen LogP) is 0.623. The van der Waals surface area contributed by atoms with Gasteiger partial charge in [-0.05, 0) is 6.92 Å². The van der Waals surface area contributed by atoms with Gasteiger partial charge in [0, 0.05) is 31.8 Å². The smallest absolute Gasteiger partial charge is 0.409 e. The van der Waals surface area contributed by atoms with E-state index in [-0.39, 0.29) is 18.1 Å². The summed E-state index contributed by atoms with van der Waals surface area (Å²) >= 11 is 0. The third kappa shape index (κ3) is 3.04. The molecule has 1 heterocycles. The van der Waals surface area contributed by atoms with E-state index in [2.05, 4.69) is 0 Å². The van der Waals surface area contributed by atoms with E-state index in [1.807, 2.05) is 0 Å². The maximum Gasteiger partial charge on any atom is 0.409 e. The first kappa shape index (κ1) is 11.7. The molecule has 1 atom stereocenters. The highest BCUT2D eigenvalue weighted by Crippen LogP contribution is 2.16. The second-order valence-electron chi connectivity index (χ2n) is 3.46. The summed E-state index contributed by atoms with van der Waals surface area (Å²) in [6, 6.07) is 0. The van der Waals surface area contributed by atoms with Crippen LogP contribution in [0.2, 0.25) is 0 Å². The van der Waals surface area contributed by atoms with Gasteiger partial charge in [-0.1, -0.05) is 0 Å². The fourth-order valence-corrected chi connectivity index (χ4v) is 1.61. The molecule has 0 radical (unpaired) electrons. The highest BCUT2D eigenvalue weighted by Gasteiger charge is 2.29. The summed E-state index contributed by atoms with van der Waals surface area (Å²) in [6.07, 6.45) is 0.824. The fraction of sp³-hybridized carbons (Fsp3) is 0.700. The number of ether oxygens (including phenoxy) is 1. The zero-order valence-electron chi connectivity index (χ0n) is 8.77. The molecule has 0 aromatic carbocycles. The van der Waals surface area contributed by atoms with Crippen molar-refractivity contribution in [2.24, 2.45) is 5.92 Å². The van der Waals surface area contributed by atoms with E-state index in [1.54, 1.807) is 6.92 Å². The van der Waals surface area contributed by atoms with Crippen LogP contribution >= 0.6 is 0 Å². The summed E-state index contributed by atoms with van der Waals surface area (Å²) < 4.78 is 4.83. The molecule has 1 aliphatic rings. The molecule has 0 saturated carbocycles. The highest BCUT2D eigenvalue weighted by atomic mass is 16.6. The molecule has 1 rings (SSSR count). The van der Waals surface area contributed by atoms with Crippen LogP contribution in [0.5, 0.6) is 0 Å². The van der Waals surface area contributed by atoms with Crippen LogP contribution in [0.3, 0.4) is 0 Å². The molecule has 5 nitrogen and oxygen atoms in total. The molecule has 1 fully saturated rings. The Kier molecular flexibility index (Phi) is 4.27. The van der Waals surface area contributed by atoms with E-state index in [0.717, 1.165) is 6.29 Å². The van der Waals surface area contributed by atoms with Crippen LogP contribution in [0, 0.1) is 5.92 Å². The van der Waals surface area contributed by atoms with Gasteiger partial charge in [-0.25, -0.2) is 4.79 Å². The van der Waals surface area contributed by atoms with Crippen LogP contribution in [0.1, 0.15) is 19.8 Å². The minimum atomic E-state index is -0.402. The van der Waals surface area contributed by atoms with Crippen molar-refractivity contribution in [3.8, 4) is 0 Å². The van der Waals surface area contributed by atoms with E-state index in [9.17, 15) is 14.4 Å². The number of rotatable bonds is 3. The summed E-state index contributed by atoms with van der Waals surface area (Å²) in [5, 5.41) is 0. The Morgan fingerprint density at radius 2 is 2.40 bits per heavy atom. The average Bonchev–Trinajstić information content (AvgIpc) is 2.22. The number of carbonyl (C=O) groups is 3. The predicted molar refractivity (Wildman–Crippen MR) is 52.4 cm³/mol. The third-order valence-corrected chi connectivity index (χ3v) is 2.43. The third-order valence-electron chi connectivity index (χ3n) is 2.43. The minimum absolute atomic E-state index is 0.0580. The lowest BCUT2D eigenvalue weighted by molar-refractivity contribution is -0.127. The van der Waals surface area contributed by atoms with Crippen molar-refractivity contribution in [3.05, 3.63) is 0 Å². The highest BCUT2D eigenvalue weighted by molar-refractivity contribution is 5.85. The van der Waals surface area contributed by atoms with Gasteiger partial charge in [0.05, 0.1) is 6.61 Å². The zero-order chi connectivity index (χ0) is 11.3. The number of likely N-dealkylation sites (tertiary alicyclic amines) is 1. The second-order valence-corrected chi connectivity index (χ2v) is 3.46. The fourth-order valence-electron chi connectivity index (χ4n) is 1.61. The first-order valence-corrected chi connectivity index (χ1v) is 5.07. The first-order valence-electron chi connectivity index (χ1n) is 5.07. The molecular formula is C10H15NO4. The molecule has 0 spiro atoms. The van der Waals surface area contributed by atoms with Gasteiger partial charge in [-0.2, -0.15) is 0 Å². The number of hydrogen-bond donors (Lipinski definition) is 0. The van der Waals surface area contributed by atoms with Crippen LogP contribution in [-0.4, -0.2) is 42.8 Å². The maximum atomic E-state index is 11.4. The number of Topliss-reactive ketones (excluding diaryl/α,β-unsaturated/α-hetero) is 1. The Hall–Kier alpha value is -1.39. The van der Waals surface area contributed by atoms with Gasteiger partial charge in [-0.3, -0.25) is 4.79 Å². The number of hydrogen-bond acceptors (Lipinski definition) is 4. The van der Waals surface area contributed by atoms with Crippen LogP contribution in [0.15, 0.2) is 0 Å². The molecule has 84 valence electrons. The topological polar surface area (TPSA) is 63.7 Å². The van der Waals surface area contributed by atoms with Crippen molar-refractivity contribution in [2.45, 2.75) is 19.8 Å². The monoisotopic (exact) mass is 213 g/mol. The lowest BCUT2D eigenvalue weighted by Gasteiger charge is -2.30. The van der Waals surface area contributed by atoms with Crippen LogP contribution in [0.25, 0.3) is 0 Å². The number of piperidine rings is 1. The van der Waals surface area contributed by atoms with Gasteiger partial charge in [0.15, 0.2) is 0 Å². The Bertz CT molecular complexity index is 264. The SMILES string of the molecule is CCOC(=O)N1CCC(=O)C(CC=O)C1.